The average molecular weight is 470 g/mol. The molecule has 3 rings (SSSR count). The fraction of sp³-hybridized carbons (Fsp3) is 0.269. The van der Waals surface area contributed by atoms with E-state index >= 15 is 0 Å². The van der Waals surface area contributed by atoms with Crippen LogP contribution in [0.5, 0.6) is 0 Å². The number of rotatable bonds is 8. The van der Waals surface area contributed by atoms with Gasteiger partial charge in [0.25, 0.3) is 0 Å². The summed E-state index contributed by atoms with van der Waals surface area (Å²) in [4.78, 5) is 29.9. The summed E-state index contributed by atoms with van der Waals surface area (Å²) in [7, 11) is 0. The first kappa shape index (κ1) is 25.0. The highest BCUT2D eigenvalue weighted by atomic mass is 19.4. The minimum Gasteiger partial charge on any atom is -0.466 e. The molecule has 3 aromatic rings. The zero-order chi connectivity index (χ0) is 24.7. The zero-order valence-corrected chi connectivity index (χ0v) is 18.9. The number of benzene rings is 2. The summed E-state index contributed by atoms with van der Waals surface area (Å²) in [6, 6.07) is 14.4. The number of alkyl halides is 3. The first-order valence-electron chi connectivity index (χ1n) is 10.8. The van der Waals surface area contributed by atoms with Crippen LogP contribution in [0, 0.1) is 0 Å². The first-order chi connectivity index (χ1) is 16.2. The molecular weight excluding hydrogens is 445 g/mol. The number of ether oxygens (including phenoxy) is 1. The Morgan fingerprint density at radius 3 is 2.35 bits per heavy atom. The van der Waals surface area contributed by atoms with E-state index in [9.17, 15) is 22.8 Å². The molecule has 0 aliphatic heterocycles. The molecule has 2 aromatic carbocycles. The first-order valence-corrected chi connectivity index (χ1v) is 10.8. The third kappa shape index (κ3) is 6.66. The van der Waals surface area contributed by atoms with Gasteiger partial charge in [0.1, 0.15) is 0 Å². The number of hydrogen-bond acceptors (Lipinski definition) is 4. The van der Waals surface area contributed by atoms with Crippen molar-refractivity contribution in [2.45, 2.75) is 39.5 Å². The van der Waals surface area contributed by atoms with Crippen molar-refractivity contribution in [3.63, 3.8) is 0 Å². The van der Waals surface area contributed by atoms with Gasteiger partial charge in [-0.25, -0.2) is 0 Å². The molecule has 0 spiro atoms. The monoisotopic (exact) mass is 470 g/mol. The van der Waals surface area contributed by atoms with E-state index in [1.807, 2.05) is 30.3 Å². The van der Waals surface area contributed by atoms with E-state index in [0.717, 1.165) is 17.7 Å². The van der Waals surface area contributed by atoms with Gasteiger partial charge in [-0.3, -0.25) is 14.6 Å². The van der Waals surface area contributed by atoms with Crippen molar-refractivity contribution in [1.82, 2.24) is 9.88 Å². The molecule has 0 saturated heterocycles. The third-order valence-corrected chi connectivity index (χ3v) is 5.22. The molecule has 5 nitrogen and oxygen atoms in total. The Kier molecular flexibility index (Phi) is 8.04. The van der Waals surface area contributed by atoms with Gasteiger partial charge in [-0.15, -0.1) is 0 Å². The lowest BCUT2D eigenvalue weighted by molar-refractivity contribution is -0.142. The number of pyridine rings is 1. The van der Waals surface area contributed by atoms with Crippen molar-refractivity contribution in [2.75, 3.05) is 6.61 Å². The summed E-state index contributed by atoms with van der Waals surface area (Å²) in [6.07, 6.45) is -1.49. The molecule has 0 unspecified atom stereocenters. The van der Waals surface area contributed by atoms with E-state index in [2.05, 4.69) is 4.98 Å². The fourth-order valence-corrected chi connectivity index (χ4v) is 3.58. The van der Waals surface area contributed by atoms with E-state index in [1.165, 1.54) is 30.3 Å². The molecular formula is C26H25F3N2O3. The Balaban J connectivity index is 2.00. The fourth-order valence-electron chi connectivity index (χ4n) is 3.58. The second-order valence-corrected chi connectivity index (χ2v) is 7.79. The molecule has 0 N–H and O–H groups in total. The van der Waals surface area contributed by atoms with Crippen molar-refractivity contribution in [2.24, 2.45) is 0 Å². The standard InChI is InChI=1S/C26H25F3N2O3/c1-3-34-25(33)12-20-11-21(15-30-14-20)24-10-9-23(26(27,28)29)13-22(24)17-31(18(2)32)16-19-7-5-4-6-8-19/h4-11,13-15H,3,12,16-17H2,1-2H3. The molecule has 8 heteroatoms. The maximum atomic E-state index is 13.5. The quantitative estimate of drug-likeness (QED) is 0.413. The summed E-state index contributed by atoms with van der Waals surface area (Å²) in [5.41, 5.74) is 2.03. The topological polar surface area (TPSA) is 59.5 Å². The zero-order valence-electron chi connectivity index (χ0n) is 18.9. The maximum absolute atomic E-state index is 13.5. The van der Waals surface area contributed by atoms with Crippen LogP contribution in [0.4, 0.5) is 13.2 Å². The number of amides is 1. The summed E-state index contributed by atoms with van der Waals surface area (Å²) >= 11 is 0. The number of carbonyl (C=O) groups is 2. The van der Waals surface area contributed by atoms with Gasteiger partial charge in [0.2, 0.25) is 5.91 Å². The summed E-state index contributed by atoms with van der Waals surface area (Å²) in [5, 5.41) is 0. The summed E-state index contributed by atoms with van der Waals surface area (Å²) < 4.78 is 45.4. The van der Waals surface area contributed by atoms with Crippen molar-refractivity contribution < 1.29 is 27.5 Å². The highest BCUT2D eigenvalue weighted by Gasteiger charge is 2.31. The van der Waals surface area contributed by atoms with Crippen molar-refractivity contribution in [3.8, 4) is 11.1 Å². The van der Waals surface area contributed by atoms with Gasteiger partial charge in [-0.1, -0.05) is 36.4 Å². The normalized spacial score (nSPS) is 11.2. The maximum Gasteiger partial charge on any atom is 0.416 e. The van der Waals surface area contributed by atoms with E-state index < -0.39 is 17.7 Å². The molecule has 0 aliphatic carbocycles. The van der Waals surface area contributed by atoms with Crippen molar-refractivity contribution >= 4 is 11.9 Å². The number of halogens is 3. The molecule has 178 valence electrons. The molecule has 0 bridgehead atoms. The Bertz CT molecular complexity index is 1150. The minimum atomic E-state index is -4.53. The van der Waals surface area contributed by atoms with E-state index in [4.69, 9.17) is 4.74 Å². The highest BCUT2D eigenvalue weighted by molar-refractivity contribution is 5.76. The molecule has 0 radical (unpaired) electrons. The molecule has 0 atom stereocenters. The molecule has 1 amide bonds. The van der Waals surface area contributed by atoms with Crippen LogP contribution in [0.15, 0.2) is 67.0 Å². The lowest BCUT2D eigenvalue weighted by atomic mass is 9.96. The average Bonchev–Trinajstić information content (AvgIpc) is 2.79. The van der Waals surface area contributed by atoms with Gasteiger partial charge in [0.15, 0.2) is 0 Å². The number of carbonyl (C=O) groups excluding carboxylic acids is 2. The Hall–Kier alpha value is -3.68. The second kappa shape index (κ2) is 11.0. The number of nitrogens with zero attached hydrogens (tertiary/aromatic N) is 2. The van der Waals surface area contributed by atoms with Gasteiger partial charge < -0.3 is 9.64 Å². The molecule has 0 fully saturated rings. The molecule has 34 heavy (non-hydrogen) atoms. The second-order valence-electron chi connectivity index (χ2n) is 7.79. The van der Waals surface area contributed by atoms with Crippen LogP contribution in [0.25, 0.3) is 11.1 Å². The SMILES string of the molecule is CCOC(=O)Cc1cncc(-c2ccc(C(F)(F)F)cc2CN(Cc2ccccc2)C(C)=O)c1. The van der Waals surface area contributed by atoms with Gasteiger partial charge >= 0.3 is 12.1 Å². The molecule has 1 aromatic heterocycles. The van der Waals surface area contributed by atoms with E-state index in [0.29, 0.717) is 22.3 Å². The van der Waals surface area contributed by atoms with Crippen molar-refractivity contribution in [1.29, 1.82) is 0 Å². The highest BCUT2D eigenvalue weighted by Crippen LogP contribution is 2.34. The predicted molar refractivity (Wildman–Crippen MR) is 121 cm³/mol. The van der Waals surface area contributed by atoms with Gasteiger partial charge in [0.05, 0.1) is 18.6 Å². The summed E-state index contributed by atoms with van der Waals surface area (Å²) in [6.45, 7) is 3.57. The van der Waals surface area contributed by atoms with Crippen LogP contribution in [-0.4, -0.2) is 28.4 Å². The van der Waals surface area contributed by atoms with E-state index in [1.54, 1.807) is 13.0 Å². The van der Waals surface area contributed by atoms with E-state index in [-0.39, 0.29) is 32.0 Å². The molecule has 0 saturated carbocycles. The lowest BCUT2D eigenvalue weighted by Crippen LogP contribution is -2.28. The van der Waals surface area contributed by atoms with Gasteiger partial charge in [0, 0.05) is 38.0 Å². The van der Waals surface area contributed by atoms with Crippen LogP contribution >= 0.6 is 0 Å². The van der Waals surface area contributed by atoms with Crippen LogP contribution < -0.4 is 0 Å². The van der Waals surface area contributed by atoms with Crippen LogP contribution in [0.2, 0.25) is 0 Å². The number of hydrogen-bond donors (Lipinski definition) is 0. The smallest absolute Gasteiger partial charge is 0.416 e. The van der Waals surface area contributed by atoms with Gasteiger partial charge in [-0.2, -0.15) is 13.2 Å². The van der Waals surface area contributed by atoms with Crippen LogP contribution in [0.1, 0.15) is 36.1 Å². The minimum absolute atomic E-state index is 0.00176. The van der Waals surface area contributed by atoms with Gasteiger partial charge in [-0.05, 0) is 47.4 Å². The number of aromatic nitrogens is 1. The Labute approximate surface area is 196 Å². The molecule has 0 aliphatic rings. The van der Waals surface area contributed by atoms with Crippen LogP contribution in [0.3, 0.4) is 0 Å². The lowest BCUT2D eigenvalue weighted by Gasteiger charge is -2.24. The Morgan fingerprint density at radius 1 is 0.971 bits per heavy atom. The third-order valence-electron chi connectivity index (χ3n) is 5.22. The predicted octanol–water partition coefficient (Wildman–Crippen LogP) is 5.42. The van der Waals surface area contributed by atoms with Crippen LogP contribution in [-0.2, 0) is 40.0 Å². The Morgan fingerprint density at radius 2 is 1.71 bits per heavy atom. The summed E-state index contributed by atoms with van der Waals surface area (Å²) in [5.74, 6) is -0.680. The number of esters is 1. The largest absolute Gasteiger partial charge is 0.466 e. The van der Waals surface area contributed by atoms with Crippen molar-refractivity contribution in [3.05, 3.63) is 89.2 Å². The molecule has 1 heterocycles.